The summed E-state index contributed by atoms with van der Waals surface area (Å²) in [6.07, 6.45) is 2.70. The summed E-state index contributed by atoms with van der Waals surface area (Å²) < 4.78 is 30.6. The average molecular weight is 266 g/mol. The molecule has 6 heteroatoms. The number of hydrogen-bond donors (Lipinski definition) is 2. The van der Waals surface area contributed by atoms with Gasteiger partial charge in [-0.3, -0.25) is 0 Å². The van der Waals surface area contributed by atoms with Crippen molar-refractivity contribution in [3.63, 3.8) is 0 Å². The number of sulfonamides is 1. The van der Waals surface area contributed by atoms with Gasteiger partial charge in [0, 0.05) is 13.2 Å². The van der Waals surface area contributed by atoms with E-state index in [9.17, 15) is 8.42 Å². The molecule has 0 aliphatic heterocycles. The Balaban J connectivity index is 3.44. The van der Waals surface area contributed by atoms with Crippen LogP contribution in [0, 0.1) is 0 Å². The number of nitrogens with one attached hydrogen (secondary N) is 2. The van der Waals surface area contributed by atoms with Crippen molar-refractivity contribution in [2.45, 2.75) is 33.1 Å². The summed E-state index contributed by atoms with van der Waals surface area (Å²) in [7, 11) is -3.11. The molecule has 0 aliphatic rings. The van der Waals surface area contributed by atoms with Gasteiger partial charge in [0.05, 0.1) is 12.4 Å². The molecular weight excluding hydrogens is 240 g/mol. The molecule has 0 aromatic carbocycles. The fourth-order valence-corrected chi connectivity index (χ4v) is 2.45. The Morgan fingerprint density at radius 2 is 1.82 bits per heavy atom. The van der Waals surface area contributed by atoms with Crippen molar-refractivity contribution in [1.82, 2.24) is 10.0 Å². The molecule has 0 radical (unpaired) electrons. The molecule has 104 valence electrons. The molecule has 0 spiro atoms. The maximum atomic E-state index is 11.5. The van der Waals surface area contributed by atoms with Gasteiger partial charge in [-0.2, -0.15) is 0 Å². The third-order valence-corrected chi connectivity index (χ3v) is 3.69. The van der Waals surface area contributed by atoms with Crippen molar-refractivity contribution < 1.29 is 13.2 Å². The van der Waals surface area contributed by atoms with Crippen LogP contribution in [-0.2, 0) is 14.8 Å². The SMILES string of the molecule is CCCNCCCCS(=O)(=O)NCCOCC. The van der Waals surface area contributed by atoms with E-state index in [1.165, 1.54) is 0 Å². The molecule has 0 aromatic rings. The summed E-state index contributed by atoms with van der Waals surface area (Å²) in [6.45, 7) is 7.31. The molecule has 2 N–H and O–H groups in total. The van der Waals surface area contributed by atoms with E-state index in [1.807, 2.05) is 6.92 Å². The monoisotopic (exact) mass is 266 g/mol. The van der Waals surface area contributed by atoms with E-state index in [4.69, 9.17) is 4.74 Å². The molecular formula is C11H26N2O3S. The van der Waals surface area contributed by atoms with Gasteiger partial charge in [0.1, 0.15) is 0 Å². The Labute approximate surface area is 105 Å². The van der Waals surface area contributed by atoms with Gasteiger partial charge >= 0.3 is 0 Å². The molecule has 0 saturated heterocycles. The Bertz CT molecular complexity index is 255. The van der Waals surface area contributed by atoms with E-state index < -0.39 is 10.0 Å². The Morgan fingerprint density at radius 1 is 1.06 bits per heavy atom. The highest BCUT2D eigenvalue weighted by atomic mass is 32.2. The molecule has 0 rings (SSSR count). The van der Waals surface area contributed by atoms with Crippen LogP contribution in [0.5, 0.6) is 0 Å². The normalized spacial score (nSPS) is 11.9. The summed E-state index contributed by atoms with van der Waals surface area (Å²) in [5.74, 6) is 0.201. The summed E-state index contributed by atoms with van der Waals surface area (Å²) in [5, 5.41) is 3.25. The van der Waals surface area contributed by atoms with Crippen LogP contribution in [0.15, 0.2) is 0 Å². The molecule has 0 saturated carbocycles. The van der Waals surface area contributed by atoms with Crippen LogP contribution < -0.4 is 10.0 Å². The predicted octanol–water partition coefficient (Wildman–Crippen LogP) is 0.722. The first-order chi connectivity index (χ1) is 8.12. The second-order valence-electron chi connectivity index (χ2n) is 3.87. The number of unbranched alkanes of at least 4 members (excludes halogenated alkanes) is 1. The van der Waals surface area contributed by atoms with Crippen LogP contribution >= 0.6 is 0 Å². The molecule has 0 amide bonds. The smallest absolute Gasteiger partial charge is 0.211 e. The molecule has 0 bridgehead atoms. The summed E-state index contributed by atoms with van der Waals surface area (Å²) in [5.41, 5.74) is 0. The lowest BCUT2D eigenvalue weighted by Gasteiger charge is -2.07. The van der Waals surface area contributed by atoms with Crippen LogP contribution in [0.3, 0.4) is 0 Å². The number of rotatable bonds is 12. The minimum absolute atomic E-state index is 0.201. The fraction of sp³-hybridized carbons (Fsp3) is 1.00. The molecule has 17 heavy (non-hydrogen) atoms. The van der Waals surface area contributed by atoms with Crippen molar-refractivity contribution in [2.75, 3.05) is 38.6 Å². The minimum Gasteiger partial charge on any atom is -0.380 e. The highest BCUT2D eigenvalue weighted by Gasteiger charge is 2.08. The molecule has 0 atom stereocenters. The van der Waals surface area contributed by atoms with Gasteiger partial charge in [-0.25, -0.2) is 13.1 Å². The second-order valence-corrected chi connectivity index (χ2v) is 5.79. The first-order valence-electron chi connectivity index (χ1n) is 6.38. The first kappa shape index (κ1) is 16.8. The van der Waals surface area contributed by atoms with Gasteiger partial charge in [0.2, 0.25) is 10.0 Å². The highest BCUT2D eigenvalue weighted by molar-refractivity contribution is 7.89. The zero-order valence-corrected chi connectivity index (χ0v) is 11.8. The molecule has 0 heterocycles. The van der Waals surface area contributed by atoms with Gasteiger partial charge in [-0.05, 0) is 39.3 Å². The quantitative estimate of drug-likeness (QED) is 0.511. The summed E-state index contributed by atoms with van der Waals surface area (Å²) in [6, 6.07) is 0. The van der Waals surface area contributed by atoms with Crippen LogP contribution in [0.25, 0.3) is 0 Å². The van der Waals surface area contributed by atoms with E-state index in [-0.39, 0.29) is 5.75 Å². The Morgan fingerprint density at radius 3 is 2.47 bits per heavy atom. The third-order valence-electron chi connectivity index (χ3n) is 2.22. The second kappa shape index (κ2) is 11.0. The van der Waals surface area contributed by atoms with Crippen molar-refractivity contribution in [2.24, 2.45) is 0 Å². The van der Waals surface area contributed by atoms with Gasteiger partial charge in [-0.15, -0.1) is 0 Å². The Kier molecular flexibility index (Phi) is 10.8. The molecule has 0 unspecified atom stereocenters. The zero-order chi connectivity index (χ0) is 13.0. The summed E-state index contributed by atoms with van der Waals surface area (Å²) in [4.78, 5) is 0. The molecule has 5 nitrogen and oxygen atoms in total. The summed E-state index contributed by atoms with van der Waals surface area (Å²) >= 11 is 0. The molecule has 0 fully saturated rings. The van der Waals surface area contributed by atoms with E-state index in [1.54, 1.807) is 0 Å². The lowest BCUT2D eigenvalue weighted by atomic mass is 10.3. The largest absolute Gasteiger partial charge is 0.380 e. The van der Waals surface area contributed by atoms with Gasteiger partial charge in [-0.1, -0.05) is 6.92 Å². The number of ether oxygens (including phenoxy) is 1. The van der Waals surface area contributed by atoms with E-state index in [2.05, 4.69) is 17.0 Å². The molecule has 0 aromatic heterocycles. The first-order valence-corrected chi connectivity index (χ1v) is 8.03. The van der Waals surface area contributed by atoms with Crippen LogP contribution in [0.4, 0.5) is 0 Å². The fourth-order valence-electron chi connectivity index (χ4n) is 1.33. The lowest BCUT2D eigenvalue weighted by Crippen LogP contribution is -2.30. The van der Waals surface area contributed by atoms with E-state index >= 15 is 0 Å². The number of hydrogen-bond acceptors (Lipinski definition) is 4. The predicted molar refractivity (Wildman–Crippen MR) is 70.7 cm³/mol. The van der Waals surface area contributed by atoms with Crippen molar-refractivity contribution in [3.8, 4) is 0 Å². The minimum atomic E-state index is -3.11. The van der Waals surface area contributed by atoms with Crippen LogP contribution in [-0.4, -0.2) is 47.0 Å². The Hall–Kier alpha value is -0.170. The maximum absolute atomic E-state index is 11.5. The molecule has 0 aliphatic carbocycles. The zero-order valence-electron chi connectivity index (χ0n) is 11.0. The van der Waals surface area contributed by atoms with Gasteiger partial charge in [0.15, 0.2) is 0 Å². The lowest BCUT2D eigenvalue weighted by molar-refractivity contribution is 0.153. The van der Waals surface area contributed by atoms with Crippen LogP contribution in [0.2, 0.25) is 0 Å². The standard InChI is InChI=1S/C11H26N2O3S/c1-3-7-12-8-5-6-11-17(14,15)13-9-10-16-4-2/h12-13H,3-11H2,1-2H3. The maximum Gasteiger partial charge on any atom is 0.211 e. The van der Waals surface area contributed by atoms with E-state index in [0.717, 1.165) is 25.9 Å². The van der Waals surface area contributed by atoms with E-state index in [0.29, 0.717) is 26.2 Å². The topological polar surface area (TPSA) is 67.4 Å². The van der Waals surface area contributed by atoms with Gasteiger partial charge < -0.3 is 10.1 Å². The van der Waals surface area contributed by atoms with Crippen molar-refractivity contribution >= 4 is 10.0 Å². The van der Waals surface area contributed by atoms with Crippen LogP contribution in [0.1, 0.15) is 33.1 Å². The van der Waals surface area contributed by atoms with Crippen molar-refractivity contribution in [3.05, 3.63) is 0 Å². The van der Waals surface area contributed by atoms with Gasteiger partial charge in [0.25, 0.3) is 0 Å². The third kappa shape index (κ3) is 12.1. The van der Waals surface area contributed by atoms with Crippen molar-refractivity contribution in [1.29, 1.82) is 0 Å². The highest BCUT2D eigenvalue weighted by Crippen LogP contribution is 1.93. The average Bonchev–Trinajstić information content (AvgIpc) is 2.29.